The molecule has 3 unspecified atom stereocenters. The lowest BCUT2D eigenvalue weighted by molar-refractivity contribution is -0.119. The number of amides is 1. The van der Waals surface area contributed by atoms with Crippen molar-refractivity contribution in [2.24, 2.45) is 11.7 Å². The molecule has 0 aromatic carbocycles. The van der Waals surface area contributed by atoms with Crippen molar-refractivity contribution in [2.75, 3.05) is 24.7 Å². The minimum Gasteiger partial charge on any atom is -0.377 e. The van der Waals surface area contributed by atoms with Gasteiger partial charge in [0.25, 0.3) is 0 Å². The monoisotopic (exact) mass is 300 g/mol. The summed E-state index contributed by atoms with van der Waals surface area (Å²) in [5.74, 6) is 2.13. The minimum atomic E-state index is 0.163. The molecule has 0 aromatic heterocycles. The Morgan fingerprint density at radius 1 is 1.20 bits per heavy atom. The van der Waals surface area contributed by atoms with Gasteiger partial charge in [-0.05, 0) is 44.6 Å². The maximum Gasteiger partial charge on any atom is 0.230 e. The molecule has 5 heteroatoms. The molecule has 2 aliphatic rings. The van der Waals surface area contributed by atoms with E-state index in [1.165, 1.54) is 25.7 Å². The summed E-state index contributed by atoms with van der Waals surface area (Å²) in [4.78, 5) is 12.0. The van der Waals surface area contributed by atoms with Gasteiger partial charge in [-0.15, -0.1) is 11.8 Å². The Labute approximate surface area is 126 Å². The first-order chi connectivity index (χ1) is 9.79. The number of nitrogens with two attached hydrogens (primary N) is 1. The van der Waals surface area contributed by atoms with Gasteiger partial charge in [-0.2, -0.15) is 0 Å². The quantitative estimate of drug-likeness (QED) is 0.786. The molecule has 2 fully saturated rings. The molecule has 1 aliphatic heterocycles. The smallest absolute Gasteiger partial charge is 0.230 e. The van der Waals surface area contributed by atoms with Crippen LogP contribution in [-0.4, -0.2) is 42.7 Å². The van der Waals surface area contributed by atoms with E-state index >= 15 is 0 Å². The Hall–Kier alpha value is -0.260. The predicted octanol–water partition coefficient (Wildman–Crippen LogP) is 1.92. The molecule has 1 aliphatic carbocycles. The molecule has 116 valence electrons. The molecule has 0 spiro atoms. The Balaban J connectivity index is 1.61. The van der Waals surface area contributed by atoms with E-state index in [-0.39, 0.29) is 5.91 Å². The zero-order valence-corrected chi connectivity index (χ0v) is 13.1. The van der Waals surface area contributed by atoms with Crippen molar-refractivity contribution in [2.45, 2.75) is 57.1 Å². The fourth-order valence-electron chi connectivity index (χ4n) is 3.15. The number of carbonyl (C=O) groups excluding carboxylic acids is 1. The number of thioether (sulfide) groups is 1. The van der Waals surface area contributed by atoms with Crippen LogP contribution in [0.3, 0.4) is 0 Å². The summed E-state index contributed by atoms with van der Waals surface area (Å²) >= 11 is 1.70. The Morgan fingerprint density at radius 2 is 2.00 bits per heavy atom. The lowest BCUT2D eigenvalue weighted by Crippen LogP contribution is -2.45. The summed E-state index contributed by atoms with van der Waals surface area (Å²) in [5.41, 5.74) is 5.79. The summed E-state index contributed by atoms with van der Waals surface area (Å²) in [7, 11) is 0. The first-order valence-corrected chi connectivity index (χ1v) is 9.14. The van der Waals surface area contributed by atoms with Gasteiger partial charge in [0.1, 0.15) is 0 Å². The predicted molar refractivity (Wildman–Crippen MR) is 83.9 cm³/mol. The van der Waals surface area contributed by atoms with Gasteiger partial charge in [-0.25, -0.2) is 0 Å². The minimum absolute atomic E-state index is 0.163. The summed E-state index contributed by atoms with van der Waals surface area (Å²) in [6, 6.07) is 0.299. The van der Waals surface area contributed by atoms with Gasteiger partial charge in [-0.3, -0.25) is 4.79 Å². The first kappa shape index (κ1) is 16.1. The molecule has 0 radical (unpaired) electrons. The summed E-state index contributed by atoms with van der Waals surface area (Å²) in [5, 5.41) is 3.18. The molecule has 20 heavy (non-hydrogen) atoms. The Morgan fingerprint density at radius 3 is 2.75 bits per heavy atom. The van der Waals surface area contributed by atoms with E-state index in [1.54, 1.807) is 11.8 Å². The van der Waals surface area contributed by atoms with Gasteiger partial charge in [0.15, 0.2) is 0 Å². The van der Waals surface area contributed by atoms with Gasteiger partial charge < -0.3 is 15.8 Å². The maximum atomic E-state index is 12.0. The molecule has 0 aromatic rings. The number of hydrogen-bond donors (Lipinski definition) is 2. The van der Waals surface area contributed by atoms with E-state index in [4.69, 9.17) is 10.5 Å². The molecular formula is C15H28N2O2S. The second kappa shape index (κ2) is 8.90. The fourth-order valence-corrected chi connectivity index (χ4v) is 4.06. The van der Waals surface area contributed by atoms with Crippen LogP contribution in [0.15, 0.2) is 0 Å². The lowest BCUT2D eigenvalue weighted by atomic mass is 9.84. The van der Waals surface area contributed by atoms with E-state index in [9.17, 15) is 4.79 Å². The maximum absolute atomic E-state index is 12.0. The van der Waals surface area contributed by atoms with Crippen LogP contribution in [0.5, 0.6) is 0 Å². The highest BCUT2D eigenvalue weighted by Gasteiger charge is 2.25. The molecule has 1 amide bonds. The van der Waals surface area contributed by atoms with Crippen LogP contribution in [0.2, 0.25) is 0 Å². The van der Waals surface area contributed by atoms with Crippen molar-refractivity contribution in [1.29, 1.82) is 0 Å². The average Bonchev–Trinajstić information content (AvgIpc) is 2.49. The van der Waals surface area contributed by atoms with Crippen LogP contribution in [0.4, 0.5) is 0 Å². The lowest BCUT2D eigenvalue weighted by Gasteiger charge is -2.31. The molecule has 0 bridgehead atoms. The number of ether oxygens (including phenoxy) is 1. The Bertz CT molecular complexity index is 296. The van der Waals surface area contributed by atoms with E-state index < -0.39 is 0 Å². The summed E-state index contributed by atoms with van der Waals surface area (Å²) in [6.07, 6.45) is 8.66. The topological polar surface area (TPSA) is 64.3 Å². The molecule has 3 atom stereocenters. The van der Waals surface area contributed by atoms with E-state index in [0.717, 1.165) is 31.6 Å². The van der Waals surface area contributed by atoms with E-state index in [0.29, 0.717) is 30.4 Å². The van der Waals surface area contributed by atoms with Crippen LogP contribution in [0.1, 0.15) is 44.9 Å². The molecule has 2 rings (SSSR count). The number of carbonyl (C=O) groups is 1. The highest BCUT2D eigenvalue weighted by Crippen LogP contribution is 2.23. The second-order valence-electron chi connectivity index (χ2n) is 5.96. The van der Waals surface area contributed by atoms with Crippen LogP contribution >= 0.6 is 11.8 Å². The number of hydrogen-bond acceptors (Lipinski definition) is 4. The highest BCUT2D eigenvalue weighted by molar-refractivity contribution is 7.99. The zero-order valence-electron chi connectivity index (χ0n) is 12.3. The van der Waals surface area contributed by atoms with Gasteiger partial charge in [-0.1, -0.05) is 12.8 Å². The van der Waals surface area contributed by atoms with Crippen molar-refractivity contribution in [3.63, 3.8) is 0 Å². The standard InChI is InChI=1S/C15H28N2O2S/c16-9-12-5-1-2-7-14(12)17-15(18)11-20-10-13-6-3-4-8-19-13/h12-14H,1-11,16H2,(H,17,18). The van der Waals surface area contributed by atoms with Crippen molar-refractivity contribution in [1.82, 2.24) is 5.32 Å². The molecule has 1 heterocycles. The van der Waals surface area contributed by atoms with Gasteiger partial charge >= 0.3 is 0 Å². The van der Waals surface area contributed by atoms with Crippen molar-refractivity contribution in [3.8, 4) is 0 Å². The third kappa shape index (κ3) is 5.26. The first-order valence-electron chi connectivity index (χ1n) is 7.98. The summed E-state index contributed by atoms with van der Waals surface area (Å²) in [6.45, 7) is 1.58. The van der Waals surface area contributed by atoms with Gasteiger partial charge in [0.05, 0.1) is 11.9 Å². The normalized spacial score (nSPS) is 30.9. The largest absolute Gasteiger partial charge is 0.377 e. The molecule has 1 saturated carbocycles. The van der Waals surface area contributed by atoms with Crippen LogP contribution in [0.25, 0.3) is 0 Å². The molecule has 4 nitrogen and oxygen atoms in total. The number of rotatable bonds is 6. The molecular weight excluding hydrogens is 272 g/mol. The molecule has 1 saturated heterocycles. The summed E-state index contributed by atoms with van der Waals surface area (Å²) < 4.78 is 5.68. The second-order valence-corrected chi connectivity index (χ2v) is 6.99. The molecule has 3 N–H and O–H groups in total. The van der Waals surface area contributed by atoms with Gasteiger partial charge in [0.2, 0.25) is 5.91 Å². The van der Waals surface area contributed by atoms with Crippen molar-refractivity contribution >= 4 is 17.7 Å². The SMILES string of the molecule is NCC1CCCCC1NC(=O)CSCC1CCCCO1. The third-order valence-electron chi connectivity index (χ3n) is 4.37. The van der Waals surface area contributed by atoms with Crippen molar-refractivity contribution in [3.05, 3.63) is 0 Å². The van der Waals surface area contributed by atoms with E-state index in [1.807, 2.05) is 0 Å². The van der Waals surface area contributed by atoms with E-state index in [2.05, 4.69) is 5.32 Å². The van der Waals surface area contributed by atoms with Crippen molar-refractivity contribution < 1.29 is 9.53 Å². The van der Waals surface area contributed by atoms with Crippen LogP contribution < -0.4 is 11.1 Å². The zero-order chi connectivity index (χ0) is 14.2. The third-order valence-corrected chi connectivity index (χ3v) is 5.44. The number of nitrogens with one attached hydrogen (secondary N) is 1. The van der Waals surface area contributed by atoms with Gasteiger partial charge in [0, 0.05) is 18.4 Å². The average molecular weight is 300 g/mol. The highest BCUT2D eigenvalue weighted by atomic mass is 32.2. The fraction of sp³-hybridized carbons (Fsp3) is 0.933. The van der Waals surface area contributed by atoms with Crippen LogP contribution in [-0.2, 0) is 9.53 Å². The Kier molecular flexibility index (Phi) is 7.17. The van der Waals surface area contributed by atoms with Crippen LogP contribution in [0, 0.1) is 5.92 Å².